The van der Waals surface area contributed by atoms with E-state index >= 15 is 0 Å². The zero-order valence-corrected chi connectivity index (χ0v) is 18.0. The van der Waals surface area contributed by atoms with E-state index in [9.17, 15) is 19.2 Å². The number of ether oxygens (including phenoxy) is 1. The van der Waals surface area contributed by atoms with Crippen LogP contribution in [0.5, 0.6) is 0 Å². The zero-order chi connectivity index (χ0) is 22.7. The summed E-state index contributed by atoms with van der Waals surface area (Å²) < 4.78 is 5.15. The van der Waals surface area contributed by atoms with E-state index in [4.69, 9.17) is 4.74 Å². The first-order chi connectivity index (χ1) is 15.5. The molecule has 3 amide bonds. The molecular weight excluding hydrogens is 408 g/mol. The average molecular weight is 434 g/mol. The number of esters is 1. The molecular formula is C25H26N2O5. The molecule has 4 rings (SSSR count). The van der Waals surface area contributed by atoms with Crippen molar-refractivity contribution in [3.8, 4) is 0 Å². The van der Waals surface area contributed by atoms with Crippen LogP contribution in [0.3, 0.4) is 0 Å². The summed E-state index contributed by atoms with van der Waals surface area (Å²) in [5.74, 6) is -2.02. The van der Waals surface area contributed by atoms with Crippen molar-refractivity contribution in [2.45, 2.75) is 38.6 Å². The predicted octanol–water partition coefficient (Wildman–Crippen LogP) is 3.40. The van der Waals surface area contributed by atoms with Crippen LogP contribution in [0.4, 0.5) is 5.69 Å². The highest BCUT2D eigenvalue weighted by Crippen LogP contribution is 2.40. The van der Waals surface area contributed by atoms with Gasteiger partial charge in [-0.2, -0.15) is 0 Å². The minimum atomic E-state index is -0.689. The van der Waals surface area contributed by atoms with Gasteiger partial charge in [-0.05, 0) is 43.5 Å². The lowest BCUT2D eigenvalue weighted by Crippen LogP contribution is -2.31. The van der Waals surface area contributed by atoms with Crippen LogP contribution in [0.1, 0.15) is 54.6 Å². The van der Waals surface area contributed by atoms with E-state index in [2.05, 4.69) is 5.32 Å². The molecule has 32 heavy (non-hydrogen) atoms. The molecule has 2 fully saturated rings. The highest BCUT2D eigenvalue weighted by molar-refractivity contribution is 6.22. The average Bonchev–Trinajstić information content (AvgIpc) is 3.08. The minimum Gasteiger partial charge on any atom is -0.452 e. The van der Waals surface area contributed by atoms with Crippen LogP contribution < -0.4 is 10.2 Å². The van der Waals surface area contributed by atoms with Crippen molar-refractivity contribution >= 4 is 29.4 Å². The number of rotatable bonds is 6. The van der Waals surface area contributed by atoms with Crippen LogP contribution in [-0.4, -0.2) is 30.3 Å². The van der Waals surface area contributed by atoms with Gasteiger partial charge in [-0.3, -0.25) is 19.3 Å². The Balaban J connectivity index is 1.38. The molecule has 1 aliphatic heterocycles. The topological polar surface area (TPSA) is 92.8 Å². The molecule has 0 spiro atoms. The first-order valence-electron chi connectivity index (χ1n) is 10.9. The second-order valence-electron chi connectivity index (χ2n) is 8.34. The molecule has 1 heterocycles. The van der Waals surface area contributed by atoms with E-state index in [1.807, 2.05) is 37.3 Å². The Labute approximate surface area is 186 Å². The number of nitrogens with zero attached hydrogens (tertiary/aromatic N) is 1. The van der Waals surface area contributed by atoms with Crippen LogP contribution >= 0.6 is 0 Å². The minimum absolute atomic E-state index is 0.182. The maximum atomic E-state index is 12.8. The van der Waals surface area contributed by atoms with E-state index < -0.39 is 18.5 Å². The number of fused-ring (bicyclic) bond motifs is 1. The summed E-state index contributed by atoms with van der Waals surface area (Å²) in [6.45, 7) is 1.42. The van der Waals surface area contributed by atoms with Gasteiger partial charge in [0.2, 0.25) is 11.8 Å². The lowest BCUT2D eigenvalue weighted by atomic mass is 9.81. The van der Waals surface area contributed by atoms with Crippen LogP contribution in [0, 0.1) is 11.8 Å². The van der Waals surface area contributed by atoms with Gasteiger partial charge in [0, 0.05) is 0 Å². The molecule has 1 aliphatic carbocycles. The second kappa shape index (κ2) is 9.34. The van der Waals surface area contributed by atoms with E-state index in [0.717, 1.165) is 31.2 Å². The third kappa shape index (κ3) is 4.42. The Morgan fingerprint density at radius 1 is 1.00 bits per heavy atom. The van der Waals surface area contributed by atoms with Crippen LogP contribution in [0.15, 0.2) is 54.6 Å². The van der Waals surface area contributed by atoms with Crippen molar-refractivity contribution in [3.63, 3.8) is 0 Å². The summed E-state index contributed by atoms with van der Waals surface area (Å²) in [6.07, 6.45) is 3.35. The Morgan fingerprint density at radius 3 is 2.31 bits per heavy atom. The quantitative estimate of drug-likeness (QED) is 0.556. The monoisotopic (exact) mass is 434 g/mol. The van der Waals surface area contributed by atoms with E-state index in [1.165, 1.54) is 17.0 Å². The lowest BCUT2D eigenvalue weighted by molar-refractivity contribution is -0.125. The van der Waals surface area contributed by atoms with Crippen LogP contribution in [0.2, 0.25) is 0 Å². The molecule has 1 saturated carbocycles. The fourth-order valence-corrected chi connectivity index (χ4v) is 4.51. The number of carbonyl (C=O) groups is 4. The number of benzene rings is 2. The van der Waals surface area contributed by atoms with Gasteiger partial charge in [0.1, 0.15) is 0 Å². The highest BCUT2D eigenvalue weighted by atomic mass is 16.5. The zero-order valence-electron chi connectivity index (χ0n) is 18.0. The molecule has 1 saturated heterocycles. The lowest BCUT2D eigenvalue weighted by Gasteiger charge is -2.19. The maximum absolute atomic E-state index is 12.8. The molecule has 0 aromatic heterocycles. The molecule has 7 heteroatoms. The van der Waals surface area contributed by atoms with Gasteiger partial charge in [0.25, 0.3) is 5.91 Å². The first-order valence-corrected chi connectivity index (χ1v) is 10.9. The fourth-order valence-electron chi connectivity index (χ4n) is 4.51. The van der Waals surface area contributed by atoms with E-state index in [1.54, 1.807) is 12.1 Å². The molecule has 1 N–H and O–H groups in total. The Bertz CT molecular complexity index is 1010. The molecule has 3 atom stereocenters. The summed E-state index contributed by atoms with van der Waals surface area (Å²) in [5, 5.41) is 2.79. The molecule has 0 bridgehead atoms. The van der Waals surface area contributed by atoms with E-state index in [0.29, 0.717) is 5.69 Å². The van der Waals surface area contributed by atoms with Crippen LogP contribution in [0.25, 0.3) is 0 Å². The third-order valence-corrected chi connectivity index (χ3v) is 6.19. The molecule has 7 nitrogen and oxygen atoms in total. The molecule has 0 unspecified atom stereocenters. The van der Waals surface area contributed by atoms with Crippen molar-refractivity contribution in [1.82, 2.24) is 5.32 Å². The molecule has 2 aromatic carbocycles. The summed E-state index contributed by atoms with van der Waals surface area (Å²) >= 11 is 0. The largest absolute Gasteiger partial charge is 0.452 e. The van der Waals surface area contributed by atoms with Gasteiger partial charge in [-0.15, -0.1) is 0 Å². The van der Waals surface area contributed by atoms with Gasteiger partial charge in [-0.25, -0.2) is 4.79 Å². The molecule has 2 aliphatic rings. The number of imide groups is 1. The Kier molecular flexibility index (Phi) is 6.35. The summed E-state index contributed by atoms with van der Waals surface area (Å²) in [6, 6.07) is 15.5. The SMILES string of the molecule is C[C@@H](NC(=O)COC(=O)c1cccc(N2C(=O)[C@H]3CCCC[C@H]3C2=O)c1)c1ccccc1. The maximum Gasteiger partial charge on any atom is 0.338 e. The standard InChI is InChI=1S/C25H26N2O5/c1-16(17-8-3-2-4-9-17)26-22(28)15-32-25(31)18-10-7-11-19(14-18)27-23(29)20-12-5-6-13-21(20)24(27)30/h2-4,7-11,14,16,20-21H,5-6,12-13,15H2,1H3,(H,26,28)/t16-,20-,21+/m1/s1. The molecule has 166 valence electrons. The molecule has 0 radical (unpaired) electrons. The van der Waals surface area contributed by atoms with Crippen molar-refractivity contribution in [2.24, 2.45) is 11.8 Å². The van der Waals surface area contributed by atoms with Gasteiger partial charge in [0.15, 0.2) is 6.61 Å². The number of nitrogens with one attached hydrogen (secondary N) is 1. The van der Waals surface area contributed by atoms with Crippen molar-refractivity contribution in [3.05, 3.63) is 65.7 Å². The highest BCUT2D eigenvalue weighted by Gasteiger charge is 2.48. The summed E-state index contributed by atoms with van der Waals surface area (Å²) in [4.78, 5) is 51.5. The number of anilines is 1. The number of hydrogen-bond acceptors (Lipinski definition) is 5. The fraction of sp³-hybridized carbons (Fsp3) is 0.360. The third-order valence-electron chi connectivity index (χ3n) is 6.19. The number of hydrogen-bond donors (Lipinski definition) is 1. The van der Waals surface area contributed by atoms with Crippen molar-refractivity contribution < 1.29 is 23.9 Å². The van der Waals surface area contributed by atoms with Gasteiger partial charge in [-0.1, -0.05) is 49.2 Å². The van der Waals surface area contributed by atoms with Crippen LogP contribution in [-0.2, 0) is 19.1 Å². The Hall–Kier alpha value is -3.48. The normalized spacial score (nSPS) is 21.1. The van der Waals surface area contributed by atoms with Crippen molar-refractivity contribution in [1.29, 1.82) is 0 Å². The number of carbonyl (C=O) groups excluding carboxylic acids is 4. The predicted molar refractivity (Wildman–Crippen MR) is 118 cm³/mol. The Morgan fingerprint density at radius 2 is 1.66 bits per heavy atom. The van der Waals surface area contributed by atoms with Crippen molar-refractivity contribution in [2.75, 3.05) is 11.5 Å². The first kappa shape index (κ1) is 21.7. The molecule has 2 aromatic rings. The second-order valence-corrected chi connectivity index (χ2v) is 8.34. The van der Waals surface area contributed by atoms with Gasteiger partial charge in [0.05, 0.1) is 29.1 Å². The summed E-state index contributed by atoms with van der Waals surface area (Å²) in [5.41, 5.74) is 1.49. The van der Waals surface area contributed by atoms with Gasteiger partial charge < -0.3 is 10.1 Å². The smallest absolute Gasteiger partial charge is 0.338 e. The summed E-state index contributed by atoms with van der Waals surface area (Å²) in [7, 11) is 0. The number of amides is 3. The van der Waals surface area contributed by atoms with Gasteiger partial charge >= 0.3 is 5.97 Å². The van der Waals surface area contributed by atoms with E-state index in [-0.39, 0.29) is 35.3 Å².